The van der Waals surface area contributed by atoms with Gasteiger partial charge >= 0.3 is 5.97 Å². The number of ether oxygens (including phenoxy) is 2. The molecule has 5 nitrogen and oxygen atoms in total. The van der Waals surface area contributed by atoms with Crippen LogP contribution in [0.25, 0.3) is 6.08 Å². The molecule has 22 heavy (non-hydrogen) atoms. The van der Waals surface area contributed by atoms with E-state index in [0.29, 0.717) is 0 Å². The highest BCUT2D eigenvalue weighted by Crippen LogP contribution is 2.24. The van der Waals surface area contributed by atoms with E-state index in [4.69, 9.17) is 9.47 Å². The Bertz CT molecular complexity index is 550. The molecule has 1 saturated carbocycles. The Hall–Kier alpha value is -2.14. The van der Waals surface area contributed by atoms with Gasteiger partial charge in [-0.1, -0.05) is 12.1 Å². The summed E-state index contributed by atoms with van der Waals surface area (Å²) >= 11 is 0. The lowest BCUT2D eigenvalue weighted by atomic mass is 10.2. The molecule has 0 aromatic heterocycles. The van der Waals surface area contributed by atoms with Gasteiger partial charge in [0.15, 0.2) is 0 Å². The fourth-order valence-electron chi connectivity index (χ4n) is 2.53. The van der Waals surface area contributed by atoms with Crippen LogP contribution in [-0.4, -0.2) is 31.2 Å². The maximum atomic E-state index is 11.8. The predicted molar refractivity (Wildman–Crippen MR) is 84.3 cm³/mol. The summed E-state index contributed by atoms with van der Waals surface area (Å²) in [6.07, 6.45) is 5.77. The van der Waals surface area contributed by atoms with Crippen molar-refractivity contribution in [3.8, 4) is 0 Å². The standard InChI is InChI=1S/C17H21NO4/c1-12(19)18-14-9-6-13(7-10-14)8-11-17(20)22-16-5-3-4-15(16)21-2/h6-11,15-16H,3-5H2,1-2H3,(H,18,19)/b11-8+/t15-,16-/m1/s1. The van der Waals surface area contributed by atoms with Crippen LogP contribution in [0.5, 0.6) is 0 Å². The Morgan fingerprint density at radius 1 is 1.18 bits per heavy atom. The zero-order valence-electron chi connectivity index (χ0n) is 12.9. The number of hydrogen-bond acceptors (Lipinski definition) is 4. The number of carbonyl (C=O) groups is 2. The number of hydrogen-bond donors (Lipinski definition) is 1. The third kappa shape index (κ3) is 4.70. The van der Waals surface area contributed by atoms with Crippen LogP contribution in [0.1, 0.15) is 31.7 Å². The zero-order valence-corrected chi connectivity index (χ0v) is 12.9. The van der Waals surface area contributed by atoms with Crippen LogP contribution in [0.2, 0.25) is 0 Å². The molecule has 118 valence electrons. The molecular weight excluding hydrogens is 282 g/mol. The minimum Gasteiger partial charge on any atom is -0.456 e. The fraction of sp³-hybridized carbons (Fsp3) is 0.412. The van der Waals surface area contributed by atoms with Crippen LogP contribution in [0.3, 0.4) is 0 Å². The van der Waals surface area contributed by atoms with E-state index >= 15 is 0 Å². The van der Waals surface area contributed by atoms with Crippen LogP contribution >= 0.6 is 0 Å². The molecule has 1 aliphatic carbocycles. The second kappa shape index (κ2) is 7.75. The SMILES string of the molecule is CO[C@@H]1CCC[C@H]1OC(=O)/C=C/c1ccc(NC(C)=O)cc1. The Kier molecular flexibility index (Phi) is 5.72. The number of anilines is 1. The summed E-state index contributed by atoms with van der Waals surface area (Å²) in [4.78, 5) is 22.8. The fourth-order valence-corrected chi connectivity index (χ4v) is 2.53. The third-order valence-electron chi connectivity index (χ3n) is 3.61. The number of esters is 1. The van der Waals surface area contributed by atoms with E-state index in [1.165, 1.54) is 13.0 Å². The number of rotatable bonds is 5. The Labute approximate surface area is 130 Å². The molecule has 0 heterocycles. The molecule has 1 aromatic rings. The van der Waals surface area contributed by atoms with Crippen molar-refractivity contribution >= 4 is 23.6 Å². The van der Waals surface area contributed by atoms with E-state index in [1.54, 1.807) is 25.3 Å². The number of carbonyl (C=O) groups excluding carboxylic acids is 2. The molecule has 1 fully saturated rings. The normalized spacial score (nSPS) is 21.0. The highest BCUT2D eigenvalue weighted by molar-refractivity contribution is 5.89. The third-order valence-corrected chi connectivity index (χ3v) is 3.61. The van der Waals surface area contributed by atoms with E-state index < -0.39 is 0 Å². The van der Waals surface area contributed by atoms with Crippen molar-refractivity contribution in [2.24, 2.45) is 0 Å². The Morgan fingerprint density at radius 2 is 1.86 bits per heavy atom. The van der Waals surface area contributed by atoms with Gasteiger partial charge in [0.1, 0.15) is 6.10 Å². The van der Waals surface area contributed by atoms with E-state index in [1.807, 2.05) is 12.1 Å². The predicted octanol–water partition coefficient (Wildman–Crippen LogP) is 2.77. The van der Waals surface area contributed by atoms with Crippen molar-refractivity contribution in [3.63, 3.8) is 0 Å². The van der Waals surface area contributed by atoms with Gasteiger partial charge < -0.3 is 14.8 Å². The lowest BCUT2D eigenvalue weighted by molar-refractivity contribution is -0.148. The van der Waals surface area contributed by atoms with Crippen molar-refractivity contribution in [2.75, 3.05) is 12.4 Å². The monoisotopic (exact) mass is 303 g/mol. The number of nitrogens with one attached hydrogen (secondary N) is 1. The topological polar surface area (TPSA) is 64.6 Å². The average Bonchev–Trinajstić information content (AvgIpc) is 2.93. The van der Waals surface area contributed by atoms with Crippen LogP contribution in [-0.2, 0) is 19.1 Å². The minimum absolute atomic E-state index is 0.00860. The number of methoxy groups -OCH3 is 1. The van der Waals surface area contributed by atoms with Crippen molar-refractivity contribution in [2.45, 2.75) is 38.4 Å². The molecule has 0 unspecified atom stereocenters. The zero-order chi connectivity index (χ0) is 15.9. The molecule has 0 bridgehead atoms. The van der Waals surface area contributed by atoms with Gasteiger partial charge in [-0.3, -0.25) is 4.79 Å². The maximum Gasteiger partial charge on any atom is 0.331 e. The van der Waals surface area contributed by atoms with Gasteiger partial charge in [0, 0.05) is 25.8 Å². The Balaban J connectivity index is 1.88. The quantitative estimate of drug-likeness (QED) is 0.671. The van der Waals surface area contributed by atoms with E-state index in [0.717, 1.165) is 30.5 Å². The first-order valence-electron chi connectivity index (χ1n) is 7.37. The van der Waals surface area contributed by atoms with Crippen LogP contribution < -0.4 is 5.32 Å². The van der Waals surface area contributed by atoms with Gasteiger partial charge in [-0.25, -0.2) is 4.79 Å². The summed E-state index contributed by atoms with van der Waals surface area (Å²) in [5.74, 6) is -0.476. The first kappa shape index (κ1) is 16.2. The van der Waals surface area contributed by atoms with E-state index in [2.05, 4.69) is 5.32 Å². The molecule has 5 heteroatoms. The molecule has 1 N–H and O–H groups in total. The molecule has 0 saturated heterocycles. The lowest BCUT2D eigenvalue weighted by Gasteiger charge is -2.17. The molecule has 2 atom stereocenters. The largest absolute Gasteiger partial charge is 0.456 e. The number of benzene rings is 1. The summed E-state index contributed by atoms with van der Waals surface area (Å²) in [6, 6.07) is 7.21. The molecule has 0 aliphatic heterocycles. The summed E-state index contributed by atoms with van der Waals surface area (Å²) in [5.41, 5.74) is 1.59. The van der Waals surface area contributed by atoms with Crippen molar-refractivity contribution < 1.29 is 19.1 Å². The summed E-state index contributed by atoms with van der Waals surface area (Å²) in [5, 5.41) is 2.69. The molecular formula is C17H21NO4. The van der Waals surface area contributed by atoms with Gasteiger partial charge in [-0.15, -0.1) is 0 Å². The molecule has 1 aliphatic rings. The molecule has 0 radical (unpaired) electrons. The molecule has 1 aromatic carbocycles. The second-order valence-electron chi connectivity index (χ2n) is 5.32. The molecule has 1 amide bonds. The maximum absolute atomic E-state index is 11.8. The van der Waals surface area contributed by atoms with E-state index in [-0.39, 0.29) is 24.1 Å². The van der Waals surface area contributed by atoms with Gasteiger partial charge in [0.05, 0.1) is 6.10 Å². The molecule has 2 rings (SSSR count). The lowest BCUT2D eigenvalue weighted by Crippen LogP contribution is -2.26. The first-order chi connectivity index (χ1) is 10.6. The van der Waals surface area contributed by atoms with Crippen molar-refractivity contribution in [1.82, 2.24) is 0 Å². The average molecular weight is 303 g/mol. The number of amides is 1. The van der Waals surface area contributed by atoms with Gasteiger partial charge in [-0.2, -0.15) is 0 Å². The van der Waals surface area contributed by atoms with Crippen LogP contribution in [0, 0.1) is 0 Å². The highest BCUT2D eigenvalue weighted by Gasteiger charge is 2.29. The van der Waals surface area contributed by atoms with E-state index in [9.17, 15) is 9.59 Å². The first-order valence-corrected chi connectivity index (χ1v) is 7.37. The van der Waals surface area contributed by atoms with Gasteiger partial charge in [-0.05, 0) is 43.0 Å². The van der Waals surface area contributed by atoms with Gasteiger partial charge in [0.25, 0.3) is 0 Å². The highest BCUT2D eigenvalue weighted by atomic mass is 16.6. The minimum atomic E-state index is -0.361. The summed E-state index contributed by atoms with van der Waals surface area (Å²) < 4.78 is 10.7. The summed E-state index contributed by atoms with van der Waals surface area (Å²) in [7, 11) is 1.64. The van der Waals surface area contributed by atoms with Crippen LogP contribution in [0.15, 0.2) is 30.3 Å². The summed E-state index contributed by atoms with van der Waals surface area (Å²) in [6.45, 7) is 1.46. The van der Waals surface area contributed by atoms with Gasteiger partial charge in [0.2, 0.25) is 5.91 Å². The second-order valence-corrected chi connectivity index (χ2v) is 5.32. The smallest absolute Gasteiger partial charge is 0.331 e. The van der Waals surface area contributed by atoms with Crippen molar-refractivity contribution in [1.29, 1.82) is 0 Å². The van der Waals surface area contributed by atoms with Crippen molar-refractivity contribution in [3.05, 3.63) is 35.9 Å². The van der Waals surface area contributed by atoms with Crippen LogP contribution in [0.4, 0.5) is 5.69 Å². The molecule has 0 spiro atoms. The Morgan fingerprint density at radius 3 is 2.50 bits per heavy atom.